The second kappa shape index (κ2) is 2.66. The van der Waals surface area contributed by atoms with Crippen molar-refractivity contribution in [3.63, 3.8) is 0 Å². The van der Waals surface area contributed by atoms with E-state index in [1.807, 2.05) is 31.1 Å². The van der Waals surface area contributed by atoms with Gasteiger partial charge in [0.2, 0.25) is 0 Å². The number of hydrogen-bond donors (Lipinski definition) is 1. The largest absolute Gasteiger partial charge is 0.340 e. The van der Waals surface area contributed by atoms with Crippen molar-refractivity contribution in [2.45, 2.75) is 18.9 Å². The lowest BCUT2D eigenvalue weighted by molar-refractivity contribution is 0.522. The maximum Gasteiger partial charge on any atom is 0.104 e. The Hall–Kier alpha value is -0.830. The van der Waals surface area contributed by atoms with E-state index < -0.39 is 0 Å². The van der Waals surface area contributed by atoms with E-state index in [0.29, 0.717) is 0 Å². The van der Waals surface area contributed by atoms with E-state index >= 15 is 0 Å². The van der Waals surface area contributed by atoms with Gasteiger partial charge in [0, 0.05) is 32.3 Å². The van der Waals surface area contributed by atoms with Crippen LogP contribution in [0.1, 0.15) is 13.3 Å². The van der Waals surface area contributed by atoms with Gasteiger partial charge in [0.05, 0.1) is 0 Å². The standard InChI is InChI=1S/C8H15N3/c1-8(9)4-5-11(3)7(6-8)10-2/h4-5H,6,9H2,1-3H3/b10-7-. The SMILES string of the molecule is C/N=C1/CC(C)(N)C=CN1C. The second-order valence-electron chi connectivity index (χ2n) is 3.25. The third-order valence-electron chi connectivity index (χ3n) is 1.88. The number of hydrogen-bond acceptors (Lipinski definition) is 2. The van der Waals surface area contributed by atoms with Crippen LogP contribution in [0.4, 0.5) is 0 Å². The first-order chi connectivity index (χ1) is 5.05. The summed E-state index contributed by atoms with van der Waals surface area (Å²) in [7, 11) is 3.77. The van der Waals surface area contributed by atoms with Crippen molar-refractivity contribution >= 4 is 5.84 Å². The van der Waals surface area contributed by atoms with Crippen molar-refractivity contribution in [3.8, 4) is 0 Å². The molecule has 1 atom stereocenters. The molecule has 3 heteroatoms. The topological polar surface area (TPSA) is 41.6 Å². The minimum atomic E-state index is -0.221. The predicted molar refractivity (Wildman–Crippen MR) is 47.5 cm³/mol. The number of nitrogens with two attached hydrogens (primary N) is 1. The van der Waals surface area contributed by atoms with Crippen molar-refractivity contribution in [2.24, 2.45) is 10.7 Å². The molecule has 1 unspecified atom stereocenters. The molecule has 0 spiro atoms. The quantitative estimate of drug-likeness (QED) is 0.553. The molecule has 0 fully saturated rings. The molecule has 0 saturated carbocycles. The highest BCUT2D eigenvalue weighted by atomic mass is 15.2. The van der Waals surface area contributed by atoms with Gasteiger partial charge >= 0.3 is 0 Å². The maximum atomic E-state index is 5.91. The molecule has 1 aliphatic rings. The molecule has 0 aromatic carbocycles. The highest BCUT2D eigenvalue weighted by Crippen LogP contribution is 2.15. The zero-order valence-corrected chi connectivity index (χ0v) is 7.33. The van der Waals surface area contributed by atoms with Crippen LogP contribution >= 0.6 is 0 Å². The molecule has 0 amide bonds. The molecular formula is C8H15N3. The van der Waals surface area contributed by atoms with Crippen LogP contribution in [-0.2, 0) is 0 Å². The first-order valence-electron chi connectivity index (χ1n) is 3.72. The average Bonchev–Trinajstić information content (AvgIpc) is 1.94. The fourth-order valence-corrected chi connectivity index (χ4v) is 1.13. The predicted octanol–water partition coefficient (Wildman–Crippen LogP) is 0.581. The summed E-state index contributed by atoms with van der Waals surface area (Å²) < 4.78 is 0. The second-order valence-corrected chi connectivity index (χ2v) is 3.25. The summed E-state index contributed by atoms with van der Waals surface area (Å²) >= 11 is 0. The Morgan fingerprint density at radius 2 is 2.36 bits per heavy atom. The summed E-state index contributed by atoms with van der Waals surface area (Å²) in [6.07, 6.45) is 4.78. The summed E-state index contributed by atoms with van der Waals surface area (Å²) in [6.45, 7) is 2.00. The summed E-state index contributed by atoms with van der Waals surface area (Å²) in [5.41, 5.74) is 5.69. The van der Waals surface area contributed by atoms with Crippen LogP contribution < -0.4 is 5.73 Å². The molecular weight excluding hydrogens is 138 g/mol. The van der Waals surface area contributed by atoms with Crippen molar-refractivity contribution in [3.05, 3.63) is 12.3 Å². The van der Waals surface area contributed by atoms with Crippen LogP contribution in [-0.4, -0.2) is 30.4 Å². The summed E-state index contributed by atoms with van der Waals surface area (Å²) in [4.78, 5) is 6.13. The molecule has 1 rings (SSSR count). The lowest BCUT2D eigenvalue weighted by Crippen LogP contribution is -2.43. The van der Waals surface area contributed by atoms with E-state index in [-0.39, 0.29) is 5.54 Å². The molecule has 2 N–H and O–H groups in total. The van der Waals surface area contributed by atoms with E-state index in [1.54, 1.807) is 7.05 Å². The molecule has 1 heterocycles. The molecule has 0 saturated heterocycles. The van der Waals surface area contributed by atoms with E-state index in [1.165, 1.54) is 0 Å². The van der Waals surface area contributed by atoms with Gasteiger partial charge < -0.3 is 10.6 Å². The van der Waals surface area contributed by atoms with E-state index in [0.717, 1.165) is 12.3 Å². The fourth-order valence-electron chi connectivity index (χ4n) is 1.13. The molecule has 0 bridgehead atoms. The Bertz CT molecular complexity index is 203. The molecule has 0 aromatic heterocycles. The third kappa shape index (κ3) is 1.80. The Labute approximate surface area is 67.6 Å². The van der Waals surface area contributed by atoms with E-state index in [4.69, 9.17) is 5.73 Å². The van der Waals surface area contributed by atoms with Crippen molar-refractivity contribution in [2.75, 3.05) is 14.1 Å². The van der Waals surface area contributed by atoms with Gasteiger partial charge in [0.15, 0.2) is 0 Å². The fraction of sp³-hybridized carbons (Fsp3) is 0.625. The van der Waals surface area contributed by atoms with Gasteiger partial charge in [-0.2, -0.15) is 0 Å². The van der Waals surface area contributed by atoms with Gasteiger partial charge in [0.1, 0.15) is 5.84 Å². The zero-order valence-electron chi connectivity index (χ0n) is 7.33. The molecule has 0 aliphatic carbocycles. The van der Waals surface area contributed by atoms with Crippen LogP contribution in [0, 0.1) is 0 Å². The Morgan fingerprint density at radius 3 is 2.82 bits per heavy atom. The highest BCUT2D eigenvalue weighted by Gasteiger charge is 2.23. The molecule has 3 nitrogen and oxygen atoms in total. The number of amidine groups is 1. The molecule has 11 heavy (non-hydrogen) atoms. The highest BCUT2D eigenvalue weighted by molar-refractivity contribution is 5.85. The zero-order chi connectivity index (χ0) is 8.48. The van der Waals surface area contributed by atoms with Gasteiger partial charge in [-0.15, -0.1) is 0 Å². The van der Waals surface area contributed by atoms with Crippen LogP contribution in [0.2, 0.25) is 0 Å². The first-order valence-corrected chi connectivity index (χ1v) is 3.72. The lowest BCUT2D eigenvalue weighted by atomic mass is 9.96. The van der Waals surface area contributed by atoms with Gasteiger partial charge in [-0.1, -0.05) is 0 Å². The van der Waals surface area contributed by atoms with Crippen LogP contribution in [0.3, 0.4) is 0 Å². The van der Waals surface area contributed by atoms with Gasteiger partial charge in [-0.05, 0) is 13.0 Å². The van der Waals surface area contributed by atoms with Gasteiger partial charge in [-0.3, -0.25) is 4.99 Å². The van der Waals surface area contributed by atoms with E-state index in [2.05, 4.69) is 4.99 Å². The Morgan fingerprint density at radius 1 is 1.73 bits per heavy atom. The van der Waals surface area contributed by atoms with Gasteiger partial charge in [-0.25, -0.2) is 0 Å². The summed E-state index contributed by atoms with van der Waals surface area (Å²) in [6, 6.07) is 0. The monoisotopic (exact) mass is 153 g/mol. The third-order valence-corrected chi connectivity index (χ3v) is 1.88. The minimum absolute atomic E-state index is 0.221. The van der Waals surface area contributed by atoms with Crippen molar-refractivity contribution < 1.29 is 0 Å². The lowest BCUT2D eigenvalue weighted by Gasteiger charge is -2.30. The van der Waals surface area contributed by atoms with Crippen LogP contribution in [0.15, 0.2) is 17.3 Å². The summed E-state index contributed by atoms with van der Waals surface area (Å²) in [5.74, 6) is 1.04. The smallest absolute Gasteiger partial charge is 0.104 e. The van der Waals surface area contributed by atoms with Crippen LogP contribution in [0.25, 0.3) is 0 Å². The molecule has 0 aromatic rings. The molecule has 0 radical (unpaired) electrons. The number of rotatable bonds is 0. The minimum Gasteiger partial charge on any atom is -0.340 e. The maximum absolute atomic E-state index is 5.91. The van der Waals surface area contributed by atoms with E-state index in [9.17, 15) is 0 Å². The molecule has 1 aliphatic heterocycles. The summed E-state index contributed by atoms with van der Waals surface area (Å²) in [5, 5.41) is 0. The Kier molecular flexibility index (Phi) is 2.00. The number of aliphatic imine (C=N–C) groups is 1. The molecule has 62 valence electrons. The first kappa shape index (κ1) is 8.27. The van der Waals surface area contributed by atoms with Crippen LogP contribution in [0.5, 0.6) is 0 Å². The van der Waals surface area contributed by atoms with Gasteiger partial charge in [0.25, 0.3) is 0 Å². The Balaban J connectivity index is 2.84. The normalized spacial score (nSPS) is 34.9. The van der Waals surface area contributed by atoms with Crippen molar-refractivity contribution in [1.82, 2.24) is 4.90 Å². The number of nitrogens with zero attached hydrogens (tertiary/aromatic N) is 2. The van der Waals surface area contributed by atoms with Crippen molar-refractivity contribution in [1.29, 1.82) is 0 Å². The average molecular weight is 153 g/mol.